The number of nitrogens with one attached hydrogen (secondary N) is 2. The first-order valence-electron chi connectivity index (χ1n) is 19.2. The molecule has 12 nitrogen and oxygen atoms in total. The summed E-state index contributed by atoms with van der Waals surface area (Å²) in [5, 5.41) is 6.70. The highest BCUT2D eigenvalue weighted by Crippen LogP contribution is 2.47. The Labute approximate surface area is 325 Å². The van der Waals surface area contributed by atoms with Crippen LogP contribution in [0.2, 0.25) is 0 Å². The predicted molar refractivity (Wildman–Crippen MR) is 211 cm³/mol. The molecule has 3 aliphatic rings. The quantitative estimate of drug-likeness (QED) is 0.112. The van der Waals surface area contributed by atoms with Gasteiger partial charge in [0.1, 0.15) is 23.9 Å². The number of nitrogens with zero attached hydrogens (tertiary/aromatic N) is 3. The number of benzene rings is 2. The van der Waals surface area contributed by atoms with E-state index in [0.717, 1.165) is 41.3 Å². The second kappa shape index (κ2) is 17.1. The molecule has 3 aliphatic heterocycles. The summed E-state index contributed by atoms with van der Waals surface area (Å²) >= 11 is 1.31. The summed E-state index contributed by atoms with van der Waals surface area (Å²) in [5.41, 5.74) is 1.82. The minimum Gasteiger partial charge on any atom is -0.465 e. The molecule has 2 aromatic carbocycles. The Morgan fingerprint density at radius 1 is 1.02 bits per heavy atom. The van der Waals surface area contributed by atoms with Gasteiger partial charge in [-0.05, 0) is 105 Å². The van der Waals surface area contributed by atoms with Crippen LogP contribution in [0, 0.1) is 0 Å². The SMILES string of the molecule is CCCOC(=O)[C@H](C)NP(=O)(Cc1ccc2sc(C(=O)N[C@H]3CCC[C@H]4CC[C@@H](C(=O)N5CCC(c6cccnc6)C5)N4C3=O)cc2c1)Oc1ccccc1. The number of para-hydroxylation sites is 1. The summed E-state index contributed by atoms with van der Waals surface area (Å²) in [7, 11) is -3.68. The number of carbonyl (C=O) groups excluding carboxylic acids is 4. The lowest BCUT2D eigenvalue weighted by atomic mass is 10.0. The number of rotatable bonds is 13. The number of hydrogen-bond donors (Lipinski definition) is 2. The highest BCUT2D eigenvalue weighted by Gasteiger charge is 2.46. The van der Waals surface area contributed by atoms with Gasteiger partial charge >= 0.3 is 13.5 Å². The average Bonchev–Trinajstić information content (AvgIpc) is 3.94. The summed E-state index contributed by atoms with van der Waals surface area (Å²) in [5.74, 6) is -0.425. The fraction of sp³-hybridized carbons (Fsp3) is 0.439. The molecule has 14 heteroatoms. The molecule has 3 fully saturated rings. The molecule has 2 aromatic heterocycles. The van der Waals surface area contributed by atoms with Gasteiger partial charge in [0.25, 0.3) is 5.91 Å². The molecule has 0 spiro atoms. The minimum absolute atomic E-state index is 0.00525. The minimum atomic E-state index is -3.68. The first kappa shape index (κ1) is 38.7. The number of likely N-dealkylation sites (tertiary alicyclic amines) is 1. The van der Waals surface area contributed by atoms with E-state index in [9.17, 15) is 23.7 Å². The highest BCUT2D eigenvalue weighted by molar-refractivity contribution is 7.56. The number of ether oxygens (including phenoxy) is 1. The summed E-state index contributed by atoms with van der Waals surface area (Å²) < 4.78 is 26.4. The van der Waals surface area contributed by atoms with Crippen LogP contribution in [0.4, 0.5) is 0 Å². The molecular formula is C41H48N5O7PS. The summed E-state index contributed by atoms with van der Waals surface area (Å²) in [6, 6.07) is 18.0. The van der Waals surface area contributed by atoms with Gasteiger partial charge in [0.2, 0.25) is 11.8 Å². The standard InChI is InChI=1S/C41H48N5O7PS/c1-3-21-52-41(50)27(2)44-54(51,53-33-11-5-4-6-12-33)26-28-14-17-36-31(22-28)23-37(55-36)38(47)43-34-13-7-10-32-15-16-35(46(32)39(34)48)40(49)45-20-18-30(25-45)29-9-8-19-42-24-29/h4-6,8-9,11-12,14,17,19,22-24,27,30,32,34-35H,3,7,10,13,15-16,18,20-21,25-26H2,1-2H3,(H,43,47)(H,44,51)/t27-,30?,32-,34-,35-,54?/m0/s1. The third-order valence-corrected chi connectivity index (χ3v) is 13.9. The Balaban J connectivity index is 1.03. The van der Waals surface area contributed by atoms with Gasteiger partial charge in [0, 0.05) is 42.1 Å². The van der Waals surface area contributed by atoms with Gasteiger partial charge in [-0.3, -0.25) is 28.7 Å². The fourth-order valence-electron chi connectivity index (χ4n) is 8.00. The number of esters is 1. The van der Waals surface area contributed by atoms with Crippen LogP contribution in [-0.2, 0) is 29.8 Å². The van der Waals surface area contributed by atoms with Gasteiger partial charge < -0.3 is 24.4 Å². The Bertz CT molecular complexity index is 2060. The molecule has 290 valence electrons. The van der Waals surface area contributed by atoms with Gasteiger partial charge in [-0.2, -0.15) is 0 Å². The Morgan fingerprint density at radius 3 is 2.64 bits per heavy atom. The van der Waals surface area contributed by atoms with E-state index in [-0.39, 0.29) is 42.5 Å². The van der Waals surface area contributed by atoms with E-state index < -0.39 is 31.6 Å². The molecule has 2 unspecified atom stereocenters. The van der Waals surface area contributed by atoms with Crippen LogP contribution >= 0.6 is 18.9 Å². The van der Waals surface area contributed by atoms with Gasteiger partial charge in [-0.1, -0.05) is 37.3 Å². The van der Waals surface area contributed by atoms with Crippen molar-refractivity contribution in [2.45, 2.75) is 95.0 Å². The van der Waals surface area contributed by atoms with Crippen LogP contribution in [0.1, 0.15) is 85.5 Å². The maximum absolute atomic E-state index is 14.3. The Kier molecular flexibility index (Phi) is 12.0. The molecule has 2 N–H and O–H groups in total. The largest absolute Gasteiger partial charge is 0.465 e. The van der Waals surface area contributed by atoms with E-state index in [4.69, 9.17) is 9.26 Å². The van der Waals surface area contributed by atoms with Crippen molar-refractivity contribution in [2.75, 3.05) is 19.7 Å². The predicted octanol–water partition coefficient (Wildman–Crippen LogP) is 6.66. The van der Waals surface area contributed by atoms with Crippen LogP contribution in [-0.4, -0.2) is 82.3 Å². The summed E-state index contributed by atoms with van der Waals surface area (Å²) in [6.07, 6.45) is 8.62. The van der Waals surface area contributed by atoms with E-state index in [1.165, 1.54) is 11.3 Å². The number of carbonyl (C=O) groups is 4. The Hall–Kier alpha value is -4.58. The number of amides is 3. The third kappa shape index (κ3) is 8.95. The maximum atomic E-state index is 14.3. The average molecular weight is 786 g/mol. The van der Waals surface area contributed by atoms with Gasteiger partial charge in [-0.25, -0.2) is 5.09 Å². The van der Waals surface area contributed by atoms with Crippen molar-refractivity contribution in [3.05, 3.63) is 95.1 Å². The molecule has 3 amide bonds. The number of hydrogen-bond acceptors (Lipinski definition) is 9. The van der Waals surface area contributed by atoms with Crippen LogP contribution in [0.3, 0.4) is 0 Å². The first-order chi connectivity index (χ1) is 26.6. The molecule has 0 aliphatic carbocycles. The molecule has 6 atom stereocenters. The zero-order chi connectivity index (χ0) is 38.5. The van der Waals surface area contributed by atoms with Crippen molar-refractivity contribution in [1.29, 1.82) is 0 Å². The lowest BCUT2D eigenvalue weighted by molar-refractivity contribution is -0.145. The van der Waals surface area contributed by atoms with Crippen LogP contribution in [0.25, 0.3) is 10.1 Å². The van der Waals surface area contributed by atoms with Crippen molar-refractivity contribution in [3.63, 3.8) is 0 Å². The van der Waals surface area contributed by atoms with E-state index in [1.54, 1.807) is 48.4 Å². The zero-order valence-corrected chi connectivity index (χ0v) is 32.9. The summed E-state index contributed by atoms with van der Waals surface area (Å²) in [4.78, 5) is 62.7. The van der Waals surface area contributed by atoms with Crippen molar-refractivity contribution < 1.29 is 33.0 Å². The van der Waals surface area contributed by atoms with Crippen LogP contribution in [0.5, 0.6) is 5.75 Å². The lowest BCUT2D eigenvalue weighted by Gasteiger charge is -2.32. The lowest BCUT2D eigenvalue weighted by Crippen LogP contribution is -2.54. The number of pyridine rings is 1. The van der Waals surface area contributed by atoms with Crippen LogP contribution in [0.15, 0.2) is 79.1 Å². The smallest absolute Gasteiger partial charge is 0.323 e. The van der Waals surface area contributed by atoms with E-state index >= 15 is 0 Å². The third-order valence-electron chi connectivity index (χ3n) is 10.7. The molecule has 5 heterocycles. The summed E-state index contributed by atoms with van der Waals surface area (Å²) in [6.45, 7) is 5.02. The normalized spacial score (nSPS) is 22.8. The number of aromatic nitrogens is 1. The maximum Gasteiger partial charge on any atom is 0.323 e. The number of thiophene rings is 1. The van der Waals surface area contributed by atoms with Crippen molar-refractivity contribution in [2.24, 2.45) is 0 Å². The second-order valence-corrected chi connectivity index (χ2v) is 17.9. The Morgan fingerprint density at radius 2 is 1.85 bits per heavy atom. The van der Waals surface area contributed by atoms with Gasteiger partial charge in [0.15, 0.2) is 0 Å². The van der Waals surface area contributed by atoms with Gasteiger partial charge in [0.05, 0.1) is 17.6 Å². The highest BCUT2D eigenvalue weighted by atomic mass is 32.1. The van der Waals surface area contributed by atoms with E-state index in [1.807, 2.05) is 54.4 Å². The monoisotopic (exact) mass is 785 g/mol. The molecule has 0 bridgehead atoms. The van der Waals surface area contributed by atoms with Crippen molar-refractivity contribution in [1.82, 2.24) is 25.2 Å². The molecular weight excluding hydrogens is 738 g/mol. The van der Waals surface area contributed by atoms with E-state index in [0.29, 0.717) is 48.5 Å². The van der Waals surface area contributed by atoms with E-state index in [2.05, 4.69) is 15.4 Å². The topological polar surface area (TPSA) is 147 Å². The zero-order valence-electron chi connectivity index (χ0n) is 31.2. The molecule has 0 saturated carbocycles. The molecule has 0 radical (unpaired) electrons. The molecule has 55 heavy (non-hydrogen) atoms. The molecule has 7 rings (SSSR count). The van der Waals surface area contributed by atoms with Crippen molar-refractivity contribution >= 4 is 52.6 Å². The number of fused-ring (bicyclic) bond motifs is 2. The van der Waals surface area contributed by atoms with Crippen LogP contribution < -0.4 is 14.9 Å². The van der Waals surface area contributed by atoms with Crippen molar-refractivity contribution in [3.8, 4) is 5.75 Å². The fourth-order valence-corrected chi connectivity index (χ4v) is 11.0. The molecule has 4 aromatic rings. The first-order valence-corrected chi connectivity index (χ1v) is 21.9. The second-order valence-electron chi connectivity index (χ2n) is 14.7. The molecule has 3 saturated heterocycles. The van der Waals surface area contributed by atoms with Gasteiger partial charge in [-0.15, -0.1) is 11.3 Å².